The molecular weight excluding hydrogens is 214 g/mol. The van der Waals surface area contributed by atoms with Crippen molar-refractivity contribution in [1.29, 1.82) is 0 Å². The Hall–Kier alpha value is -1.58. The number of hydrogen-bond donors (Lipinski definition) is 1. The molecule has 0 bridgehead atoms. The van der Waals surface area contributed by atoms with Crippen LogP contribution in [0.1, 0.15) is 43.0 Å². The van der Waals surface area contributed by atoms with Crippen molar-refractivity contribution in [2.24, 2.45) is 0 Å². The molecule has 1 aromatic heterocycles. The van der Waals surface area contributed by atoms with Crippen molar-refractivity contribution >= 4 is 11.6 Å². The Kier molecular flexibility index (Phi) is 3.61. The van der Waals surface area contributed by atoms with Crippen LogP contribution in [0.15, 0.2) is 18.5 Å². The number of nitrogens with zero attached hydrogens (tertiary/aromatic N) is 2. The van der Waals surface area contributed by atoms with Gasteiger partial charge in [-0.05, 0) is 31.7 Å². The van der Waals surface area contributed by atoms with E-state index < -0.39 is 0 Å². The van der Waals surface area contributed by atoms with Gasteiger partial charge in [-0.3, -0.25) is 9.78 Å². The smallest absolute Gasteiger partial charge is 0.256 e. The maximum Gasteiger partial charge on any atom is 0.256 e. The number of aromatic nitrogens is 1. The van der Waals surface area contributed by atoms with Crippen LogP contribution in [-0.4, -0.2) is 28.4 Å². The van der Waals surface area contributed by atoms with Gasteiger partial charge in [0, 0.05) is 18.8 Å². The van der Waals surface area contributed by atoms with Gasteiger partial charge in [0.25, 0.3) is 5.91 Å². The van der Waals surface area contributed by atoms with Gasteiger partial charge in [0.2, 0.25) is 0 Å². The van der Waals surface area contributed by atoms with E-state index >= 15 is 0 Å². The van der Waals surface area contributed by atoms with E-state index in [9.17, 15) is 4.79 Å². The molecule has 0 aliphatic carbocycles. The summed E-state index contributed by atoms with van der Waals surface area (Å²) in [6, 6.07) is 2.07. The Bertz CT molecular complexity index is 405. The van der Waals surface area contributed by atoms with E-state index in [0.717, 1.165) is 25.8 Å². The molecule has 1 atom stereocenters. The van der Waals surface area contributed by atoms with Gasteiger partial charge < -0.3 is 10.6 Å². The number of carbonyl (C=O) groups excluding carboxylic acids is 1. The van der Waals surface area contributed by atoms with Crippen LogP contribution in [0.25, 0.3) is 0 Å². The van der Waals surface area contributed by atoms with Gasteiger partial charge in [-0.1, -0.05) is 6.92 Å². The SMILES string of the molecule is CCC1CCCCN1C(=O)c1ccncc1N. The van der Waals surface area contributed by atoms with Crippen molar-refractivity contribution in [3.05, 3.63) is 24.0 Å². The Morgan fingerprint density at radius 3 is 3.12 bits per heavy atom. The summed E-state index contributed by atoms with van der Waals surface area (Å²) in [7, 11) is 0. The van der Waals surface area contributed by atoms with Crippen molar-refractivity contribution in [2.75, 3.05) is 12.3 Å². The normalized spacial score (nSPS) is 20.3. The van der Waals surface area contributed by atoms with E-state index in [1.165, 1.54) is 12.6 Å². The van der Waals surface area contributed by atoms with Crippen molar-refractivity contribution < 1.29 is 4.79 Å². The third kappa shape index (κ3) is 2.40. The minimum Gasteiger partial charge on any atom is -0.397 e. The molecule has 4 heteroatoms. The fourth-order valence-electron chi connectivity index (χ4n) is 2.45. The van der Waals surface area contributed by atoms with Crippen LogP contribution in [0, 0.1) is 0 Å². The monoisotopic (exact) mass is 233 g/mol. The topological polar surface area (TPSA) is 59.2 Å². The Morgan fingerprint density at radius 1 is 1.59 bits per heavy atom. The maximum atomic E-state index is 12.4. The third-order valence-corrected chi connectivity index (χ3v) is 3.44. The summed E-state index contributed by atoms with van der Waals surface area (Å²) < 4.78 is 0. The van der Waals surface area contributed by atoms with Crippen LogP contribution in [0.5, 0.6) is 0 Å². The molecule has 1 aromatic rings. The lowest BCUT2D eigenvalue weighted by Gasteiger charge is -2.35. The lowest BCUT2D eigenvalue weighted by atomic mass is 9.99. The zero-order chi connectivity index (χ0) is 12.3. The minimum absolute atomic E-state index is 0.0523. The van der Waals surface area contributed by atoms with Crippen molar-refractivity contribution in [3.8, 4) is 0 Å². The first-order chi connectivity index (χ1) is 8.24. The second-order valence-corrected chi connectivity index (χ2v) is 4.52. The van der Waals surface area contributed by atoms with E-state index in [0.29, 0.717) is 17.3 Å². The molecule has 2 rings (SSSR count). The summed E-state index contributed by atoms with van der Waals surface area (Å²) >= 11 is 0. The Balaban J connectivity index is 2.21. The van der Waals surface area contributed by atoms with Crippen LogP contribution in [0.2, 0.25) is 0 Å². The van der Waals surface area contributed by atoms with Gasteiger partial charge in [-0.15, -0.1) is 0 Å². The van der Waals surface area contributed by atoms with E-state index in [1.807, 2.05) is 4.90 Å². The molecule has 0 saturated carbocycles. The lowest BCUT2D eigenvalue weighted by molar-refractivity contribution is 0.0609. The number of carbonyl (C=O) groups is 1. The van der Waals surface area contributed by atoms with Gasteiger partial charge in [-0.25, -0.2) is 0 Å². The molecule has 2 heterocycles. The highest BCUT2D eigenvalue weighted by atomic mass is 16.2. The minimum atomic E-state index is 0.0523. The summed E-state index contributed by atoms with van der Waals surface area (Å²) in [6.45, 7) is 2.98. The van der Waals surface area contributed by atoms with Crippen LogP contribution in [0.4, 0.5) is 5.69 Å². The zero-order valence-corrected chi connectivity index (χ0v) is 10.2. The molecule has 1 saturated heterocycles. The molecular formula is C13H19N3O. The lowest BCUT2D eigenvalue weighted by Crippen LogP contribution is -2.43. The van der Waals surface area contributed by atoms with Crippen LogP contribution in [-0.2, 0) is 0 Å². The summed E-state index contributed by atoms with van der Waals surface area (Å²) in [5, 5.41) is 0. The first-order valence-electron chi connectivity index (χ1n) is 6.24. The number of nitrogen functional groups attached to an aromatic ring is 1. The summed E-state index contributed by atoms with van der Waals surface area (Å²) in [5.41, 5.74) is 6.86. The average molecular weight is 233 g/mol. The molecule has 0 aromatic carbocycles. The molecule has 0 radical (unpaired) electrons. The average Bonchev–Trinajstić information content (AvgIpc) is 2.38. The van der Waals surface area contributed by atoms with Crippen LogP contribution < -0.4 is 5.73 Å². The highest BCUT2D eigenvalue weighted by molar-refractivity contribution is 5.99. The predicted molar refractivity (Wildman–Crippen MR) is 67.6 cm³/mol. The quantitative estimate of drug-likeness (QED) is 0.850. The number of pyridine rings is 1. The maximum absolute atomic E-state index is 12.4. The summed E-state index contributed by atoms with van der Waals surface area (Å²) in [6.07, 6.45) is 7.58. The predicted octanol–water partition coefficient (Wildman–Crippen LogP) is 2.07. The number of likely N-dealkylation sites (tertiary alicyclic amines) is 1. The van der Waals surface area contributed by atoms with Gasteiger partial charge >= 0.3 is 0 Å². The van der Waals surface area contributed by atoms with E-state index in [1.54, 1.807) is 12.3 Å². The molecule has 1 unspecified atom stereocenters. The number of anilines is 1. The first kappa shape index (κ1) is 11.9. The second kappa shape index (κ2) is 5.17. The molecule has 1 amide bonds. The van der Waals surface area contributed by atoms with Gasteiger partial charge in [-0.2, -0.15) is 0 Å². The molecule has 92 valence electrons. The zero-order valence-electron chi connectivity index (χ0n) is 10.2. The van der Waals surface area contributed by atoms with Crippen molar-refractivity contribution in [1.82, 2.24) is 9.88 Å². The first-order valence-corrected chi connectivity index (χ1v) is 6.24. The molecule has 4 nitrogen and oxygen atoms in total. The van der Waals surface area contributed by atoms with E-state index in [4.69, 9.17) is 5.73 Å². The summed E-state index contributed by atoms with van der Waals surface area (Å²) in [5.74, 6) is 0.0523. The van der Waals surface area contributed by atoms with Crippen molar-refractivity contribution in [3.63, 3.8) is 0 Å². The summed E-state index contributed by atoms with van der Waals surface area (Å²) in [4.78, 5) is 18.3. The molecule has 2 N–H and O–H groups in total. The van der Waals surface area contributed by atoms with E-state index in [2.05, 4.69) is 11.9 Å². The highest BCUT2D eigenvalue weighted by Gasteiger charge is 2.26. The largest absolute Gasteiger partial charge is 0.397 e. The number of hydrogen-bond acceptors (Lipinski definition) is 3. The van der Waals surface area contributed by atoms with Crippen LogP contribution >= 0.6 is 0 Å². The number of nitrogens with two attached hydrogens (primary N) is 1. The third-order valence-electron chi connectivity index (χ3n) is 3.44. The highest BCUT2D eigenvalue weighted by Crippen LogP contribution is 2.23. The number of piperidine rings is 1. The Labute approximate surface area is 102 Å². The van der Waals surface area contributed by atoms with Gasteiger partial charge in [0.1, 0.15) is 0 Å². The number of rotatable bonds is 2. The van der Waals surface area contributed by atoms with Gasteiger partial charge in [0.15, 0.2) is 0 Å². The fraction of sp³-hybridized carbons (Fsp3) is 0.538. The van der Waals surface area contributed by atoms with Crippen molar-refractivity contribution in [2.45, 2.75) is 38.6 Å². The van der Waals surface area contributed by atoms with Gasteiger partial charge in [0.05, 0.1) is 17.4 Å². The molecule has 1 aliphatic rings. The standard InChI is InChI=1S/C13H19N3O/c1-2-10-5-3-4-8-16(10)13(17)11-6-7-15-9-12(11)14/h6-7,9-10H,2-5,8,14H2,1H3. The molecule has 1 fully saturated rings. The second-order valence-electron chi connectivity index (χ2n) is 4.52. The molecule has 1 aliphatic heterocycles. The number of amides is 1. The van der Waals surface area contributed by atoms with E-state index in [-0.39, 0.29) is 5.91 Å². The fourth-order valence-corrected chi connectivity index (χ4v) is 2.45. The Morgan fingerprint density at radius 2 is 2.41 bits per heavy atom. The van der Waals surface area contributed by atoms with Crippen LogP contribution in [0.3, 0.4) is 0 Å². The molecule has 17 heavy (non-hydrogen) atoms. The molecule has 0 spiro atoms.